The van der Waals surface area contributed by atoms with E-state index in [2.05, 4.69) is 6.58 Å². The van der Waals surface area contributed by atoms with Crippen molar-refractivity contribution < 1.29 is 9.53 Å². The Bertz CT molecular complexity index is 242. The van der Waals surface area contributed by atoms with Crippen LogP contribution in [0.1, 0.15) is 12.8 Å². The maximum Gasteiger partial charge on any atom is 0.139 e. The Morgan fingerprint density at radius 3 is 3.36 bits per heavy atom. The zero-order chi connectivity index (χ0) is 7.90. The van der Waals surface area contributed by atoms with Crippen LogP contribution in [0.25, 0.3) is 0 Å². The van der Waals surface area contributed by atoms with Crippen LogP contribution in [0.3, 0.4) is 0 Å². The molecule has 0 spiro atoms. The predicted molar refractivity (Wildman–Crippen MR) is 41.2 cm³/mol. The molecule has 2 atom stereocenters. The average molecular weight is 150 g/mol. The highest BCUT2D eigenvalue weighted by molar-refractivity contribution is 5.82. The van der Waals surface area contributed by atoms with Crippen molar-refractivity contribution in [2.24, 2.45) is 0 Å². The first-order chi connectivity index (χ1) is 5.24. The fourth-order valence-corrected chi connectivity index (χ4v) is 1.63. The minimum atomic E-state index is -0.458. The van der Waals surface area contributed by atoms with Gasteiger partial charge in [-0.2, -0.15) is 0 Å². The molecule has 58 valence electrons. The zero-order valence-electron chi connectivity index (χ0n) is 6.25. The summed E-state index contributed by atoms with van der Waals surface area (Å²) < 4.78 is 5.55. The molecule has 0 amide bonds. The molecule has 0 aromatic carbocycles. The van der Waals surface area contributed by atoms with E-state index in [9.17, 15) is 4.79 Å². The van der Waals surface area contributed by atoms with E-state index in [0.29, 0.717) is 12.8 Å². The molecule has 2 bridgehead atoms. The third kappa shape index (κ3) is 0.942. The van der Waals surface area contributed by atoms with Crippen molar-refractivity contribution in [1.82, 2.24) is 0 Å². The highest BCUT2D eigenvalue weighted by atomic mass is 16.5. The molecule has 2 aliphatic heterocycles. The highest BCUT2D eigenvalue weighted by Gasteiger charge is 2.40. The molecule has 0 aromatic heterocycles. The van der Waals surface area contributed by atoms with Crippen LogP contribution in [0.15, 0.2) is 24.8 Å². The SMILES string of the molecule is C=CC12C=CC(CC(=O)C1)O2. The number of Topliss-reactive ketones (excluding diaryl/α,β-unsaturated/α-hetero) is 1. The van der Waals surface area contributed by atoms with Gasteiger partial charge in [-0.3, -0.25) is 4.79 Å². The van der Waals surface area contributed by atoms with Crippen molar-refractivity contribution in [3.63, 3.8) is 0 Å². The van der Waals surface area contributed by atoms with Crippen molar-refractivity contribution in [2.45, 2.75) is 24.5 Å². The molecule has 0 saturated carbocycles. The van der Waals surface area contributed by atoms with Gasteiger partial charge >= 0.3 is 0 Å². The Morgan fingerprint density at radius 2 is 2.64 bits per heavy atom. The molecule has 2 rings (SSSR count). The van der Waals surface area contributed by atoms with E-state index in [1.54, 1.807) is 6.08 Å². The summed E-state index contributed by atoms with van der Waals surface area (Å²) in [6, 6.07) is 0. The van der Waals surface area contributed by atoms with E-state index in [-0.39, 0.29) is 11.9 Å². The molecule has 0 N–H and O–H groups in total. The molecule has 0 aliphatic carbocycles. The van der Waals surface area contributed by atoms with Crippen LogP contribution in [0.2, 0.25) is 0 Å². The molecular weight excluding hydrogens is 140 g/mol. The summed E-state index contributed by atoms with van der Waals surface area (Å²) in [5.41, 5.74) is -0.458. The minimum absolute atomic E-state index is 0.00856. The van der Waals surface area contributed by atoms with Crippen LogP contribution in [0.4, 0.5) is 0 Å². The predicted octanol–water partition coefficient (Wildman–Crippen LogP) is 1.23. The highest BCUT2D eigenvalue weighted by Crippen LogP contribution is 2.34. The van der Waals surface area contributed by atoms with E-state index in [1.165, 1.54) is 0 Å². The van der Waals surface area contributed by atoms with E-state index in [4.69, 9.17) is 4.74 Å². The molecule has 0 aromatic rings. The summed E-state index contributed by atoms with van der Waals surface area (Å²) in [6.07, 6.45) is 6.60. The summed E-state index contributed by atoms with van der Waals surface area (Å²) >= 11 is 0. The molecule has 2 unspecified atom stereocenters. The first kappa shape index (κ1) is 6.80. The Kier molecular flexibility index (Phi) is 1.26. The summed E-state index contributed by atoms with van der Waals surface area (Å²) in [5.74, 6) is 0.270. The van der Waals surface area contributed by atoms with Gasteiger partial charge in [-0.1, -0.05) is 18.7 Å². The minimum Gasteiger partial charge on any atom is -0.359 e. The van der Waals surface area contributed by atoms with Crippen LogP contribution < -0.4 is 0 Å². The van der Waals surface area contributed by atoms with Crippen LogP contribution in [-0.2, 0) is 9.53 Å². The van der Waals surface area contributed by atoms with Gasteiger partial charge in [-0.25, -0.2) is 0 Å². The summed E-state index contributed by atoms with van der Waals surface area (Å²) in [4.78, 5) is 11.1. The fourth-order valence-electron chi connectivity index (χ4n) is 1.63. The third-order valence-corrected chi connectivity index (χ3v) is 2.21. The van der Waals surface area contributed by atoms with Gasteiger partial charge < -0.3 is 4.74 Å². The van der Waals surface area contributed by atoms with Gasteiger partial charge in [0, 0.05) is 12.8 Å². The molecule has 2 aliphatic rings. The largest absolute Gasteiger partial charge is 0.359 e. The number of fused-ring (bicyclic) bond motifs is 2. The number of rotatable bonds is 1. The second-order valence-electron chi connectivity index (χ2n) is 3.09. The fraction of sp³-hybridized carbons (Fsp3) is 0.444. The third-order valence-electron chi connectivity index (χ3n) is 2.21. The number of carbonyl (C=O) groups is 1. The molecule has 1 fully saturated rings. The molecular formula is C9H10O2. The molecule has 0 radical (unpaired) electrons. The van der Waals surface area contributed by atoms with Crippen LogP contribution in [-0.4, -0.2) is 17.5 Å². The molecule has 2 heteroatoms. The number of ketones is 1. The zero-order valence-corrected chi connectivity index (χ0v) is 6.25. The summed E-state index contributed by atoms with van der Waals surface area (Å²) in [7, 11) is 0. The van der Waals surface area contributed by atoms with Crippen molar-refractivity contribution in [1.29, 1.82) is 0 Å². The van der Waals surface area contributed by atoms with Gasteiger partial charge in [-0.05, 0) is 6.08 Å². The monoisotopic (exact) mass is 150 g/mol. The van der Waals surface area contributed by atoms with Crippen LogP contribution >= 0.6 is 0 Å². The van der Waals surface area contributed by atoms with E-state index in [1.807, 2.05) is 12.2 Å². The van der Waals surface area contributed by atoms with Gasteiger partial charge in [0.2, 0.25) is 0 Å². The van der Waals surface area contributed by atoms with Crippen molar-refractivity contribution in [3.8, 4) is 0 Å². The maximum atomic E-state index is 11.1. The lowest BCUT2D eigenvalue weighted by Gasteiger charge is -2.29. The van der Waals surface area contributed by atoms with E-state index < -0.39 is 5.60 Å². The van der Waals surface area contributed by atoms with Gasteiger partial charge in [0.1, 0.15) is 11.4 Å². The topological polar surface area (TPSA) is 26.3 Å². The quantitative estimate of drug-likeness (QED) is 0.525. The van der Waals surface area contributed by atoms with Gasteiger partial charge in [0.05, 0.1) is 6.10 Å². The number of hydrogen-bond acceptors (Lipinski definition) is 2. The van der Waals surface area contributed by atoms with Crippen LogP contribution in [0.5, 0.6) is 0 Å². The van der Waals surface area contributed by atoms with Crippen molar-refractivity contribution in [3.05, 3.63) is 24.8 Å². The Hall–Kier alpha value is -0.890. The van der Waals surface area contributed by atoms with Crippen molar-refractivity contribution in [2.75, 3.05) is 0 Å². The maximum absolute atomic E-state index is 11.1. The van der Waals surface area contributed by atoms with Gasteiger partial charge in [0.15, 0.2) is 0 Å². The number of ether oxygens (including phenoxy) is 1. The second-order valence-corrected chi connectivity index (χ2v) is 3.09. The Morgan fingerprint density at radius 1 is 1.82 bits per heavy atom. The lowest BCUT2D eigenvalue weighted by atomic mass is 9.95. The average Bonchev–Trinajstić information content (AvgIpc) is 2.28. The van der Waals surface area contributed by atoms with E-state index >= 15 is 0 Å². The standard InChI is InChI=1S/C9H10O2/c1-2-9-4-3-8(11-9)5-7(10)6-9/h2-4,8H,1,5-6H2. The summed E-state index contributed by atoms with van der Waals surface area (Å²) in [5, 5.41) is 0. The summed E-state index contributed by atoms with van der Waals surface area (Å²) in [6.45, 7) is 3.66. The Balaban J connectivity index is 2.31. The van der Waals surface area contributed by atoms with Crippen molar-refractivity contribution >= 4 is 5.78 Å². The number of carbonyl (C=O) groups excluding carboxylic acids is 1. The smallest absolute Gasteiger partial charge is 0.139 e. The second kappa shape index (κ2) is 2.05. The van der Waals surface area contributed by atoms with E-state index in [0.717, 1.165) is 0 Å². The normalized spacial score (nSPS) is 41.1. The molecule has 11 heavy (non-hydrogen) atoms. The van der Waals surface area contributed by atoms with Crippen LogP contribution in [0, 0.1) is 0 Å². The molecule has 2 heterocycles. The number of hydrogen-bond donors (Lipinski definition) is 0. The first-order valence-corrected chi connectivity index (χ1v) is 3.77. The van der Waals surface area contributed by atoms with Gasteiger partial charge in [0.25, 0.3) is 0 Å². The molecule has 1 saturated heterocycles. The van der Waals surface area contributed by atoms with Gasteiger partial charge in [-0.15, -0.1) is 0 Å². The lowest BCUT2D eigenvalue weighted by molar-refractivity contribution is -0.132. The molecule has 2 nitrogen and oxygen atoms in total. The first-order valence-electron chi connectivity index (χ1n) is 3.77. The Labute approximate surface area is 65.5 Å². The lowest BCUT2D eigenvalue weighted by Crippen LogP contribution is -2.36.